The van der Waals surface area contributed by atoms with E-state index in [4.69, 9.17) is 10.8 Å². The normalized spacial score (nSPS) is 32.8. The van der Waals surface area contributed by atoms with Gasteiger partial charge >= 0.3 is 0 Å². The molecule has 0 aromatic rings. The number of aliphatic hydroxyl groups is 1. The molecule has 0 heterocycles. The Morgan fingerprint density at radius 3 is 2.47 bits per heavy atom. The fourth-order valence-electron chi connectivity index (χ4n) is 3.26. The Morgan fingerprint density at radius 2 is 2.12 bits per heavy atom. The van der Waals surface area contributed by atoms with Crippen molar-refractivity contribution < 1.29 is 9.90 Å². The quantitative estimate of drug-likeness (QED) is 0.744. The van der Waals surface area contributed by atoms with Crippen LogP contribution < -0.4 is 5.73 Å². The molecular weight excluding hydrogens is 216 g/mol. The van der Waals surface area contributed by atoms with Crippen LogP contribution in [0.3, 0.4) is 0 Å². The van der Waals surface area contributed by atoms with Crippen molar-refractivity contribution in [3.05, 3.63) is 0 Å². The van der Waals surface area contributed by atoms with Gasteiger partial charge in [-0.2, -0.15) is 0 Å². The second-order valence-corrected chi connectivity index (χ2v) is 5.80. The van der Waals surface area contributed by atoms with Gasteiger partial charge in [-0.1, -0.05) is 6.92 Å². The summed E-state index contributed by atoms with van der Waals surface area (Å²) in [5.74, 6) is 0.803. The van der Waals surface area contributed by atoms with Crippen LogP contribution in [-0.2, 0) is 4.79 Å². The number of hydrogen-bond acceptors (Lipinski definition) is 3. The van der Waals surface area contributed by atoms with Crippen LogP contribution in [0.4, 0.5) is 0 Å². The first kappa shape index (κ1) is 12.8. The molecule has 2 saturated carbocycles. The first-order valence-corrected chi connectivity index (χ1v) is 6.75. The first-order valence-electron chi connectivity index (χ1n) is 6.75. The van der Waals surface area contributed by atoms with Crippen molar-refractivity contribution in [1.82, 2.24) is 4.90 Å². The molecule has 0 aromatic heterocycles. The molecule has 0 bridgehead atoms. The van der Waals surface area contributed by atoms with Crippen LogP contribution in [-0.4, -0.2) is 41.7 Å². The van der Waals surface area contributed by atoms with E-state index in [2.05, 4.69) is 6.92 Å². The summed E-state index contributed by atoms with van der Waals surface area (Å²) in [5.41, 5.74) is 5.50. The van der Waals surface area contributed by atoms with E-state index in [1.807, 2.05) is 4.90 Å². The third-order valence-corrected chi connectivity index (χ3v) is 4.44. The third-order valence-electron chi connectivity index (χ3n) is 4.44. The minimum Gasteiger partial charge on any atom is -0.395 e. The van der Waals surface area contributed by atoms with E-state index in [0.717, 1.165) is 25.7 Å². The van der Waals surface area contributed by atoms with Crippen molar-refractivity contribution in [2.45, 2.75) is 45.1 Å². The van der Waals surface area contributed by atoms with Gasteiger partial charge in [-0.25, -0.2) is 0 Å². The molecule has 0 unspecified atom stereocenters. The van der Waals surface area contributed by atoms with Crippen LogP contribution >= 0.6 is 0 Å². The van der Waals surface area contributed by atoms with Crippen molar-refractivity contribution in [3.8, 4) is 0 Å². The lowest BCUT2D eigenvalue weighted by molar-refractivity contribution is -0.154. The molecule has 2 rings (SSSR count). The highest BCUT2D eigenvalue weighted by Gasteiger charge is 2.50. The Labute approximate surface area is 103 Å². The Morgan fingerprint density at radius 1 is 1.47 bits per heavy atom. The predicted molar refractivity (Wildman–Crippen MR) is 66.3 cm³/mol. The fourth-order valence-corrected chi connectivity index (χ4v) is 3.26. The van der Waals surface area contributed by atoms with Gasteiger partial charge in [-0.15, -0.1) is 0 Å². The molecule has 2 aliphatic carbocycles. The average Bonchev–Trinajstić information content (AvgIpc) is 2.20. The van der Waals surface area contributed by atoms with Gasteiger partial charge < -0.3 is 15.7 Å². The maximum absolute atomic E-state index is 12.6. The smallest absolute Gasteiger partial charge is 0.230 e. The topological polar surface area (TPSA) is 66.6 Å². The largest absolute Gasteiger partial charge is 0.395 e. The summed E-state index contributed by atoms with van der Waals surface area (Å²) in [6.45, 7) is 3.14. The van der Waals surface area contributed by atoms with E-state index in [9.17, 15) is 4.79 Å². The standard InChI is InChI=1S/C13H24N2O2/c1-10-7-13(8-10,9-14)12(17)15(5-6-16)11-3-2-4-11/h10-11,16H,2-9,14H2,1H3. The SMILES string of the molecule is CC1CC(CN)(C(=O)N(CCO)C2CCC2)C1. The van der Waals surface area contributed by atoms with Crippen LogP contribution in [0.2, 0.25) is 0 Å². The summed E-state index contributed by atoms with van der Waals surface area (Å²) in [6, 6.07) is 0.356. The highest BCUT2D eigenvalue weighted by atomic mass is 16.3. The first-order chi connectivity index (χ1) is 8.13. The number of nitrogens with zero attached hydrogens (tertiary/aromatic N) is 1. The molecule has 2 fully saturated rings. The van der Waals surface area contributed by atoms with E-state index >= 15 is 0 Å². The molecule has 3 N–H and O–H groups in total. The van der Waals surface area contributed by atoms with Crippen molar-refractivity contribution in [3.63, 3.8) is 0 Å². The molecular formula is C13H24N2O2. The average molecular weight is 240 g/mol. The van der Waals surface area contributed by atoms with Crippen LogP contribution in [0.25, 0.3) is 0 Å². The molecule has 4 nitrogen and oxygen atoms in total. The van der Waals surface area contributed by atoms with E-state index in [0.29, 0.717) is 25.0 Å². The van der Waals surface area contributed by atoms with Gasteiger partial charge in [-0.05, 0) is 38.0 Å². The zero-order chi connectivity index (χ0) is 12.5. The molecule has 0 radical (unpaired) electrons. The molecule has 4 heteroatoms. The number of rotatable bonds is 5. The zero-order valence-electron chi connectivity index (χ0n) is 10.7. The van der Waals surface area contributed by atoms with Gasteiger partial charge in [-0.3, -0.25) is 4.79 Å². The van der Waals surface area contributed by atoms with Crippen molar-refractivity contribution in [1.29, 1.82) is 0 Å². The molecule has 0 aliphatic heterocycles. The highest BCUT2D eigenvalue weighted by Crippen LogP contribution is 2.46. The molecule has 0 atom stereocenters. The van der Waals surface area contributed by atoms with E-state index in [1.54, 1.807) is 0 Å². The minimum absolute atomic E-state index is 0.0540. The lowest BCUT2D eigenvalue weighted by Gasteiger charge is -2.49. The number of hydrogen-bond donors (Lipinski definition) is 2. The van der Waals surface area contributed by atoms with Gasteiger partial charge in [0.15, 0.2) is 0 Å². The van der Waals surface area contributed by atoms with Crippen molar-refractivity contribution >= 4 is 5.91 Å². The van der Waals surface area contributed by atoms with Gasteiger partial charge in [0.05, 0.1) is 12.0 Å². The lowest BCUT2D eigenvalue weighted by Crippen LogP contribution is -2.58. The van der Waals surface area contributed by atoms with Gasteiger partial charge in [0.1, 0.15) is 0 Å². The minimum atomic E-state index is -0.315. The van der Waals surface area contributed by atoms with E-state index in [1.165, 1.54) is 6.42 Å². The van der Waals surface area contributed by atoms with Crippen LogP contribution in [0.1, 0.15) is 39.0 Å². The maximum atomic E-state index is 12.6. The Bertz CT molecular complexity index is 283. The summed E-state index contributed by atoms with van der Waals surface area (Å²) in [7, 11) is 0. The fraction of sp³-hybridized carbons (Fsp3) is 0.923. The number of carbonyl (C=O) groups is 1. The Balaban J connectivity index is 2.04. The Hall–Kier alpha value is -0.610. The molecule has 0 saturated heterocycles. The van der Waals surface area contributed by atoms with Crippen LogP contribution in [0, 0.1) is 11.3 Å². The monoisotopic (exact) mass is 240 g/mol. The highest BCUT2D eigenvalue weighted by molar-refractivity contribution is 5.84. The molecule has 98 valence electrons. The van der Waals surface area contributed by atoms with Crippen LogP contribution in [0.15, 0.2) is 0 Å². The van der Waals surface area contributed by atoms with E-state index in [-0.39, 0.29) is 17.9 Å². The van der Waals surface area contributed by atoms with Crippen molar-refractivity contribution in [2.24, 2.45) is 17.1 Å². The maximum Gasteiger partial charge on any atom is 0.230 e. The molecule has 1 amide bonds. The second-order valence-electron chi connectivity index (χ2n) is 5.80. The lowest BCUT2D eigenvalue weighted by atomic mass is 9.61. The predicted octanol–water partition coefficient (Wildman–Crippen LogP) is 0.735. The van der Waals surface area contributed by atoms with Gasteiger partial charge in [0, 0.05) is 19.1 Å². The third kappa shape index (κ3) is 2.20. The summed E-state index contributed by atoms with van der Waals surface area (Å²) in [5, 5.41) is 9.11. The number of aliphatic hydroxyl groups excluding tert-OH is 1. The molecule has 0 aromatic carbocycles. The molecule has 17 heavy (non-hydrogen) atoms. The number of nitrogens with two attached hydrogens (primary N) is 1. The summed E-state index contributed by atoms with van der Waals surface area (Å²) in [4.78, 5) is 14.5. The summed E-state index contributed by atoms with van der Waals surface area (Å²) in [6.07, 6.45) is 5.20. The van der Waals surface area contributed by atoms with Gasteiger partial charge in [0.2, 0.25) is 5.91 Å². The summed E-state index contributed by atoms with van der Waals surface area (Å²) >= 11 is 0. The number of amides is 1. The van der Waals surface area contributed by atoms with Crippen LogP contribution in [0.5, 0.6) is 0 Å². The van der Waals surface area contributed by atoms with Crippen molar-refractivity contribution in [2.75, 3.05) is 19.7 Å². The summed E-state index contributed by atoms with van der Waals surface area (Å²) < 4.78 is 0. The van der Waals surface area contributed by atoms with Gasteiger partial charge in [0.25, 0.3) is 0 Å². The van der Waals surface area contributed by atoms with E-state index < -0.39 is 0 Å². The number of carbonyl (C=O) groups excluding carboxylic acids is 1. The second kappa shape index (κ2) is 4.94. The Kier molecular flexibility index (Phi) is 3.73. The molecule has 2 aliphatic rings. The molecule has 0 spiro atoms. The zero-order valence-corrected chi connectivity index (χ0v) is 10.7.